The van der Waals surface area contributed by atoms with E-state index in [1.165, 1.54) is 6.07 Å². The van der Waals surface area contributed by atoms with Crippen LogP contribution in [0.4, 0.5) is 10.3 Å². The standard InChI is InChI=1S/C12H17FN4/c1-8(16(2)3)7-17-10-6-4-5-9(13)11(10)15-12(17)14/h4-6,8H,7H2,1-3H3,(H2,14,15). The van der Waals surface area contributed by atoms with Crippen LogP contribution in [0.15, 0.2) is 18.2 Å². The maximum absolute atomic E-state index is 13.5. The first kappa shape index (κ1) is 11.9. The number of likely N-dealkylation sites (N-methyl/N-ethyl adjacent to an activating group) is 1. The lowest BCUT2D eigenvalue weighted by Gasteiger charge is -2.21. The normalized spacial score (nSPS) is 13.5. The molecule has 0 saturated heterocycles. The molecule has 0 aliphatic rings. The zero-order valence-corrected chi connectivity index (χ0v) is 10.3. The summed E-state index contributed by atoms with van der Waals surface area (Å²) in [7, 11) is 4.00. The van der Waals surface area contributed by atoms with Gasteiger partial charge in [-0.1, -0.05) is 6.07 Å². The molecular weight excluding hydrogens is 219 g/mol. The number of para-hydroxylation sites is 1. The van der Waals surface area contributed by atoms with Crippen molar-refractivity contribution in [3.8, 4) is 0 Å². The van der Waals surface area contributed by atoms with Crippen LogP contribution in [0.2, 0.25) is 0 Å². The van der Waals surface area contributed by atoms with Gasteiger partial charge in [0.25, 0.3) is 0 Å². The summed E-state index contributed by atoms with van der Waals surface area (Å²) in [6.07, 6.45) is 0. The average molecular weight is 236 g/mol. The summed E-state index contributed by atoms with van der Waals surface area (Å²) in [5.74, 6) is 0.0317. The Morgan fingerprint density at radius 2 is 2.18 bits per heavy atom. The van der Waals surface area contributed by atoms with Gasteiger partial charge in [-0.15, -0.1) is 0 Å². The van der Waals surface area contributed by atoms with Crippen LogP contribution in [0.1, 0.15) is 6.92 Å². The number of rotatable bonds is 3. The third kappa shape index (κ3) is 2.10. The minimum Gasteiger partial charge on any atom is -0.369 e. The maximum atomic E-state index is 13.5. The van der Waals surface area contributed by atoms with Crippen molar-refractivity contribution < 1.29 is 4.39 Å². The lowest BCUT2D eigenvalue weighted by molar-refractivity contribution is 0.287. The van der Waals surface area contributed by atoms with E-state index in [1.807, 2.05) is 24.7 Å². The van der Waals surface area contributed by atoms with Crippen LogP contribution in [0.5, 0.6) is 0 Å². The van der Waals surface area contributed by atoms with E-state index in [9.17, 15) is 4.39 Å². The Labute approximate surface area is 99.8 Å². The van der Waals surface area contributed by atoms with Crippen molar-refractivity contribution in [2.45, 2.75) is 19.5 Å². The van der Waals surface area contributed by atoms with Crippen LogP contribution in [0.25, 0.3) is 11.0 Å². The Hall–Kier alpha value is -1.62. The van der Waals surface area contributed by atoms with E-state index in [0.29, 0.717) is 24.1 Å². The van der Waals surface area contributed by atoms with Crippen LogP contribution in [0, 0.1) is 5.82 Å². The second-order valence-electron chi connectivity index (χ2n) is 4.50. The maximum Gasteiger partial charge on any atom is 0.201 e. The van der Waals surface area contributed by atoms with Crippen molar-refractivity contribution in [3.05, 3.63) is 24.0 Å². The van der Waals surface area contributed by atoms with Gasteiger partial charge in [0.15, 0.2) is 5.82 Å². The van der Waals surface area contributed by atoms with Gasteiger partial charge in [0.2, 0.25) is 5.95 Å². The fourth-order valence-corrected chi connectivity index (χ4v) is 1.75. The molecule has 1 atom stereocenters. The molecule has 1 heterocycles. The predicted molar refractivity (Wildman–Crippen MR) is 67.3 cm³/mol. The van der Waals surface area contributed by atoms with E-state index in [0.717, 1.165) is 5.52 Å². The lowest BCUT2D eigenvalue weighted by atomic mass is 10.2. The molecule has 0 bridgehead atoms. The molecular formula is C12H17FN4. The number of nitrogen functional groups attached to an aromatic ring is 1. The molecule has 0 spiro atoms. The summed E-state index contributed by atoms with van der Waals surface area (Å²) in [6.45, 7) is 2.78. The molecule has 0 saturated carbocycles. The molecule has 17 heavy (non-hydrogen) atoms. The molecule has 0 amide bonds. The molecule has 0 aliphatic heterocycles. The Morgan fingerprint density at radius 3 is 2.82 bits per heavy atom. The second-order valence-corrected chi connectivity index (χ2v) is 4.50. The number of aromatic nitrogens is 2. The smallest absolute Gasteiger partial charge is 0.201 e. The van der Waals surface area contributed by atoms with Gasteiger partial charge in [0.1, 0.15) is 5.52 Å². The van der Waals surface area contributed by atoms with Crippen LogP contribution >= 0.6 is 0 Å². The number of fused-ring (bicyclic) bond motifs is 1. The van der Waals surface area contributed by atoms with E-state index >= 15 is 0 Å². The predicted octanol–water partition coefficient (Wildman–Crippen LogP) is 1.71. The molecule has 2 N–H and O–H groups in total. The summed E-state index contributed by atoms with van der Waals surface area (Å²) in [5, 5.41) is 0. The van der Waals surface area contributed by atoms with E-state index in [2.05, 4.69) is 16.8 Å². The van der Waals surface area contributed by atoms with E-state index in [1.54, 1.807) is 6.07 Å². The number of halogens is 1. The van der Waals surface area contributed by atoms with Crippen molar-refractivity contribution in [3.63, 3.8) is 0 Å². The molecule has 0 radical (unpaired) electrons. The van der Waals surface area contributed by atoms with Crippen LogP contribution in [-0.4, -0.2) is 34.6 Å². The van der Waals surface area contributed by atoms with Gasteiger partial charge in [0.05, 0.1) is 5.52 Å². The summed E-state index contributed by atoms with van der Waals surface area (Å²) >= 11 is 0. The Kier molecular flexibility index (Phi) is 3.02. The fraction of sp³-hybridized carbons (Fsp3) is 0.417. The fourth-order valence-electron chi connectivity index (χ4n) is 1.75. The first-order valence-electron chi connectivity index (χ1n) is 5.57. The third-order valence-corrected chi connectivity index (χ3v) is 3.09. The van der Waals surface area contributed by atoms with E-state index in [4.69, 9.17) is 5.73 Å². The minimum absolute atomic E-state index is 0.304. The molecule has 2 aromatic rings. The van der Waals surface area contributed by atoms with E-state index < -0.39 is 0 Å². The largest absolute Gasteiger partial charge is 0.369 e. The summed E-state index contributed by atoms with van der Waals surface area (Å²) < 4.78 is 15.4. The molecule has 1 unspecified atom stereocenters. The van der Waals surface area contributed by atoms with Gasteiger partial charge in [-0.3, -0.25) is 0 Å². The van der Waals surface area contributed by atoms with Gasteiger partial charge in [0, 0.05) is 12.6 Å². The highest BCUT2D eigenvalue weighted by Gasteiger charge is 2.14. The third-order valence-electron chi connectivity index (χ3n) is 3.09. The first-order chi connectivity index (χ1) is 8.00. The molecule has 92 valence electrons. The van der Waals surface area contributed by atoms with Crippen molar-refractivity contribution in [2.24, 2.45) is 0 Å². The molecule has 4 nitrogen and oxygen atoms in total. The van der Waals surface area contributed by atoms with Crippen LogP contribution in [0.3, 0.4) is 0 Å². The molecule has 0 fully saturated rings. The molecule has 2 rings (SSSR count). The molecule has 5 heteroatoms. The Balaban J connectivity index is 2.47. The number of hydrogen-bond donors (Lipinski definition) is 1. The van der Waals surface area contributed by atoms with Crippen LogP contribution in [-0.2, 0) is 6.54 Å². The second kappa shape index (κ2) is 4.33. The first-order valence-corrected chi connectivity index (χ1v) is 5.57. The molecule has 0 aliphatic carbocycles. The number of nitrogens with zero attached hydrogens (tertiary/aromatic N) is 3. The van der Waals surface area contributed by atoms with Crippen molar-refractivity contribution >= 4 is 17.0 Å². The minimum atomic E-state index is -0.328. The SMILES string of the molecule is CC(Cn1c(N)nc2c(F)cccc21)N(C)C. The zero-order valence-electron chi connectivity index (χ0n) is 10.3. The monoisotopic (exact) mass is 236 g/mol. The van der Waals surface area contributed by atoms with Crippen LogP contribution < -0.4 is 5.73 Å². The highest BCUT2D eigenvalue weighted by Crippen LogP contribution is 2.21. The van der Waals surface area contributed by atoms with Gasteiger partial charge < -0.3 is 15.2 Å². The zero-order chi connectivity index (χ0) is 12.6. The highest BCUT2D eigenvalue weighted by atomic mass is 19.1. The number of nitrogens with two attached hydrogens (primary N) is 1. The molecule has 1 aromatic heterocycles. The van der Waals surface area contributed by atoms with Gasteiger partial charge in [-0.25, -0.2) is 9.37 Å². The number of imidazole rings is 1. The summed E-state index contributed by atoms with van der Waals surface area (Å²) in [5.41, 5.74) is 6.93. The topological polar surface area (TPSA) is 47.1 Å². The summed E-state index contributed by atoms with van der Waals surface area (Å²) in [4.78, 5) is 6.16. The van der Waals surface area contributed by atoms with Crippen molar-refractivity contribution in [2.75, 3.05) is 19.8 Å². The molecule has 1 aromatic carbocycles. The average Bonchev–Trinajstić information content (AvgIpc) is 2.58. The lowest BCUT2D eigenvalue weighted by Crippen LogP contribution is -2.29. The Morgan fingerprint density at radius 1 is 1.47 bits per heavy atom. The quantitative estimate of drug-likeness (QED) is 0.882. The van der Waals surface area contributed by atoms with E-state index in [-0.39, 0.29) is 5.82 Å². The number of benzene rings is 1. The highest BCUT2D eigenvalue weighted by molar-refractivity contribution is 5.78. The van der Waals surface area contributed by atoms with Gasteiger partial charge >= 0.3 is 0 Å². The van der Waals surface area contributed by atoms with Crippen molar-refractivity contribution in [1.82, 2.24) is 14.5 Å². The Bertz CT molecular complexity index is 533. The van der Waals surface area contributed by atoms with Crippen molar-refractivity contribution in [1.29, 1.82) is 0 Å². The van der Waals surface area contributed by atoms with Gasteiger partial charge in [-0.2, -0.15) is 0 Å². The summed E-state index contributed by atoms with van der Waals surface area (Å²) in [6, 6.07) is 5.21. The van der Waals surface area contributed by atoms with Gasteiger partial charge in [-0.05, 0) is 33.2 Å². The number of hydrogen-bond acceptors (Lipinski definition) is 3. The number of anilines is 1.